The Bertz CT molecular complexity index is 508. The van der Waals surface area contributed by atoms with Crippen molar-refractivity contribution in [2.24, 2.45) is 0 Å². The molecule has 1 atom stereocenters. The molecule has 2 fully saturated rings. The maximum atomic E-state index is 12.3. The van der Waals surface area contributed by atoms with E-state index in [1.807, 2.05) is 4.90 Å². The number of carbonyl (C=O) groups is 1. The first-order valence-electron chi connectivity index (χ1n) is 8.22. The standard InChI is InChI=1S/C16H25N3O3/c1-12-4-3-7-19(12)16(20)11-14-10-15(17-22-14)21-13-5-8-18(2)9-6-13/h10,12-13H,3-9,11H2,1-2H3. The van der Waals surface area contributed by atoms with Gasteiger partial charge >= 0.3 is 0 Å². The van der Waals surface area contributed by atoms with Crippen LogP contribution in [0, 0.1) is 0 Å². The summed E-state index contributed by atoms with van der Waals surface area (Å²) in [7, 11) is 2.12. The molecule has 2 saturated heterocycles. The summed E-state index contributed by atoms with van der Waals surface area (Å²) in [5, 5.41) is 3.95. The van der Waals surface area contributed by atoms with Gasteiger partial charge in [-0.2, -0.15) is 0 Å². The van der Waals surface area contributed by atoms with Crippen LogP contribution < -0.4 is 4.74 Å². The van der Waals surface area contributed by atoms with Crippen molar-refractivity contribution in [1.82, 2.24) is 15.0 Å². The quantitative estimate of drug-likeness (QED) is 0.847. The van der Waals surface area contributed by atoms with E-state index in [0.29, 0.717) is 17.7 Å². The molecule has 0 radical (unpaired) electrons. The normalized spacial score (nSPS) is 23.9. The van der Waals surface area contributed by atoms with Crippen molar-refractivity contribution in [3.8, 4) is 5.88 Å². The van der Waals surface area contributed by atoms with Crippen LogP contribution in [-0.4, -0.2) is 59.7 Å². The summed E-state index contributed by atoms with van der Waals surface area (Å²) in [6, 6.07) is 2.10. The van der Waals surface area contributed by atoms with Crippen molar-refractivity contribution in [3.05, 3.63) is 11.8 Å². The molecule has 0 aromatic carbocycles. The Kier molecular flexibility index (Phi) is 4.66. The first-order chi connectivity index (χ1) is 10.6. The summed E-state index contributed by atoms with van der Waals surface area (Å²) in [6.45, 7) is 5.04. The van der Waals surface area contributed by atoms with E-state index >= 15 is 0 Å². The number of amides is 1. The van der Waals surface area contributed by atoms with Gasteiger partial charge in [0.15, 0.2) is 0 Å². The van der Waals surface area contributed by atoms with Gasteiger partial charge in [0.1, 0.15) is 11.9 Å². The van der Waals surface area contributed by atoms with Crippen LogP contribution in [0.2, 0.25) is 0 Å². The Hall–Kier alpha value is -1.56. The van der Waals surface area contributed by atoms with Crippen LogP contribution >= 0.6 is 0 Å². The minimum atomic E-state index is 0.118. The van der Waals surface area contributed by atoms with E-state index in [1.165, 1.54) is 0 Å². The van der Waals surface area contributed by atoms with Gasteiger partial charge in [0.2, 0.25) is 5.91 Å². The lowest BCUT2D eigenvalue weighted by Crippen LogP contribution is -2.35. The van der Waals surface area contributed by atoms with E-state index in [2.05, 4.69) is 24.0 Å². The lowest BCUT2D eigenvalue weighted by Gasteiger charge is -2.28. The zero-order valence-electron chi connectivity index (χ0n) is 13.5. The highest BCUT2D eigenvalue weighted by atomic mass is 16.5. The van der Waals surface area contributed by atoms with Crippen LogP contribution in [-0.2, 0) is 11.2 Å². The predicted molar refractivity (Wildman–Crippen MR) is 81.8 cm³/mol. The van der Waals surface area contributed by atoms with Crippen molar-refractivity contribution in [2.75, 3.05) is 26.7 Å². The zero-order chi connectivity index (χ0) is 15.5. The van der Waals surface area contributed by atoms with Crippen LogP contribution in [0.5, 0.6) is 5.88 Å². The van der Waals surface area contributed by atoms with Gasteiger partial charge in [-0.05, 0) is 44.8 Å². The number of rotatable bonds is 4. The lowest BCUT2D eigenvalue weighted by atomic mass is 10.1. The topological polar surface area (TPSA) is 58.8 Å². The van der Waals surface area contributed by atoms with Crippen molar-refractivity contribution in [3.63, 3.8) is 0 Å². The second-order valence-corrected chi connectivity index (χ2v) is 6.51. The zero-order valence-corrected chi connectivity index (χ0v) is 13.5. The average molecular weight is 307 g/mol. The largest absolute Gasteiger partial charge is 0.472 e. The van der Waals surface area contributed by atoms with Crippen molar-refractivity contribution >= 4 is 5.91 Å². The molecular formula is C16H25N3O3. The summed E-state index contributed by atoms with van der Waals surface area (Å²) in [5.74, 6) is 1.21. The minimum Gasteiger partial charge on any atom is -0.472 e. The Morgan fingerprint density at radius 1 is 1.36 bits per heavy atom. The number of nitrogens with zero attached hydrogens (tertiary/aromatic N) is 3. The first kappa shape index (κ1) is 15.3. The van der Waals surface area contributed by atoms with Crippen LogP contribution in [0.25, 0.3) is 0 Å². The minimum absolute atomic E-state index is 0.118. The summed E-state index contributed by atoms with van der Waals surface area (Å²) < 4.78 is 11.1. The average Bonchev–Trinajstić information content (AvgIpc) is 3.10. The molecule has 0 saturated carbocycles. The molecule has 3 heterocycles. The highest BCUT2D eigenvalue weighted by Gasteiger charge is 2.26. The van der Waals surface area contributed by atoms with Crippen LogP contribution in [0.1, 0.15) is 38.4 Å². The van der Waals surface area contributed by atoms with E-state index in [-0.39, 0.29) is 18.4 Å². The maximum absolute atomic E-state index is 12.3. The molecule has 0 N–H and O–H groups in total. The fourth-order valence-corrected chi connectivity index (χ4v) is 3.26. The second kappa shape index (κ2) is 6.69. The maximum Gasteiger partial charge on any atom is 0.254 e. The summed E-state index contributed by atoms with van der Waals surface area (Å²) in [6.07, 6.45) is 4.66. The van der Waals surface area contributed by atoms with Crippen LogP contribution in [0.4, 0.5) is 0 Å². The molecule has 6 nitrogen and oxygen atoms in total. The Labute approximate surface area is 131 Å². The van der Waals surface area contributed by atoms with E-state index in [9.17, 15) is 4.79 Å². The van der Waals surface area contributed by atoms with E-state index < -0.39 is 0 Å². The Morgan fingerprint density at radius 2 is 2.14 bits per heavy atom. The molecule has 1 aromatic rings. The van der Waals surface area contributed by atoms with Gasteiger partial charge in [0, 0.05) is 31.7 Å². The third-order valence-electron chi connectivity index (χ3n) is 4.69. The third kappa shape index (κ3) is 3.61. The lowest BCUT2D eigenvalue weighted by molar-refractivity contribution is -0.131. The highest BCUT2D eigenvalue weighted by Crippen LogP contribution is 2.21. The number of aromatic nitrogens is 1. The van der Waals surface area contributed by atoms with Crippen LogP contribution in [0.15, 0.2) is 10.6 Å². The number of likely N-dealkylation sites (tertiary alicyclic amines) is 2. The summed E-state index contributed by atoms with van der Waals surface area (Å²) in [4.78, 5) is 16.5. The SMILES string of the molecule is CC1CCCN1C(=O)Cc1cc(OC2CCN(C)CC2)no1. The Morgan fingerprint density at radius 3 is 2.82 bits per heavy atom. The smallest absolute Gasteiger partial charge is 0.254 e. The summed E-state index contributed by atoms with van der Waals surface area (Å²) in [5.41, 5.74) is 0. The molecule has 0 aliphatic carbocycles. The second-order valence-electron chi connectivity index (χ2n) is 6.51. The van der Waals surface area contributed by atoms with Gasteiger partial charge in [-0.3, -0.25) is 4.79 Å². The van der Waals surface area contributed by atoms with E-state index in [0.717, 1.165) is 45.3 Å². The predicted octanol–water partition coefficient (Wildman–Crippen LogP) is 1.70. The number of ether oxygens (including phenoxy) is 1. The number of carbonyl (C=O) groups excluding carboxylic acids is 1. The first-order valence-corrected chi connectivity index (χ1v) is 8.22. The molecule has 1 amide bonds. The molecule has 2 aliphatic rings. The molecule has 122 valence electrons. The number of hydrogen-bond donors (Lipinski definition) is 0. The number of piperidine rings is 1. The van der Waals surface area contributed by atoms with Gasteiger partial charge in [-0.15, -0.1) is 0 Å². The molecule has 3 rings (SSSR count). The Balaban J connectivity index is 1.51. The molecule has 1 unspecified atom stereocenters. The summed E-state index contributed by atoms with van der Waals surface area (Å²) >= 11 is 0. The van der Waals surface area contributed by atoms with Gasteiger partial charge in [0.05, 0.1) is 6.42 Å². The fraction of sp³-hybridized carbons (Fsp3) is 0.750. The van der Waals surface area contributed by atoms with Crippen molar-refractivity contribution in [2.45, 2.75) is 51.2 Å². The molecule has 1 aromatic heterocycles. The fourth-order valence-electron chi connectivity index (χ4n) is 3.26. The molecule has 0 bridgehead atoms. The van der Waals surface area contributed by atoms with Gasteiger partial charge in [-0.25, -0.2) is 0 Å². The van der Waals surface area contributed by atoms with Crippen molar-refractivity contribution in [1.29, 1.82) is 0 Å². The van der Waals surface area contributed by atoms with E-state index in [1.54, 1.807) is 6.07 Å². The van der Waals surface area contributed by atoms with Gasteiger partial charge in [0.25, 0.3) is 5.88 Å². The monoisotopic (exact) mass is 307 g/mol. The third-order valence-corrected chi connectivity index (χ3v) is 4.69. The number of hydrogen-bond acceptors (Lipinski definition) is 5. The van der Waals surface area contributed by atoms with Crippen LogP contribution in [0.3, 0.4) is 0 Å². The van der Waals surface area contributed by atoms with E-state index in [4.69, 9.17) is 9.26 Å². The molecule has 6 heteroatoms. The molecule has 0 spiro atoms. The molecule has 2 aliphatic heterocycles. The van der Waals surface area contributed by atoms with Gasteiger partial charge < -0.3 is 19.1 Å². The highest BCUT2D eigenvalue weighted by molar-refractivity contribution is 5.78. The van der Waals surface area contributed by atoms with Crippen molar-refractivity contribution < 1.29 is 14.1 Å². The molecular weight excluding hydrogens is 282 g/mol. The molecule has 22 heavy (non-hydrogen) atoms. The van der Waals surface area contributed by atoms with Gasteiger partial charge in [-0.1, -0.05) is 0 Å².